The Hall–Kier alpha value is -1.78. The molecule has 0 amide bonds. The van der Waals surface area contributed by atoms with Gasteiger partial charge in [0.05, 0.1) is 12.4 Å². The fraction of sp³-hybridized carbons (Fsp3) is 0.143. The van der Waals surface area contributed by atoms with Crippen molar-refractivity contribution in [2.45, 2.75) is 6.92 Å². The second kappa shape index (κ2) is 3.08. The van der Waals surface area contributed by atoms with E-state index in [0.29, 0.717) is 0 Å². The molecule has 0 saturated carbocycles. The summed E-state index contributed by atoms with van der Waals surface area (Å²) in [5.74, 6) is -1.49. The van der Waals surface area contributed by atoms with Crippen molar-refractivity contribution in [3.8, 4) is 0 Å². The fourth-order valence-electron chi connectivity index (χ4n) is 0.639. The van der Waals surface area contributed by atoms with Crippen molar-refractivity contribution < 1.29 is 14.7 Å². The van der Waals surface area contributed by atoms with E-state index in [1.807, 2.05) is 0 Å². The minimum Gasteiger partial charge on any atom is -0.476 e. The van der Waals surface area contributed by atoms with Crippen molar-refractivity contribution >= 4 is 11.8 Å². The van der Waals surface area contributed by atoms with E-state index in [9.17, 15) is 9.59 Å². The molecule has 1 rings (SSSR count). The van der Waals surface area contributed by atoms with E-state index >= 15 is 0 Å². The lowest BCUT2D eigenvalue weighted by molar-refractivity contribution is 0.0690. The van der Waals surface area contributed by atoms with Gasteiger partial charge in [0.1, 0.15) is 5.69 Å². The summed E-state index contributed by atoms with van der Waals surface area (Å²) in [5, 5.41) is 8.48. The van der Waals surface area contributed by atoms with Gasteiger partial charge in [-0.25, -0.2) is 9.78 Å². The summed E-state index contributed by atoms with van der Waals surface area (Å²) in [5.41, 5.74) is -0.155. The van der Waals surface area contributed by atoms with Crippen LogP contribution < -0.4 is 0 Å². The van der Waals surface area contributed by atoms with Crippen LogP contribution in [0.4, 0.5) is 0 Å². The zero-order valence-electron chi connectivity index (χ0n) is 6.31. The zero-order chi connectivity index (χ0) is 9.14. The van der Waals surface area contributed by atoms with Crippen LogP contribution in [0.3, 0.4) is 0 Å². The number of rotatable bonds is 2. The Morgan fingerprint density at radius 1 is 1.33 bits per heavy atom. The lowest BCUT2D eigenvalue weighted by atomic mass is 10.3. The Kier molecular flexibility index (Phi) is 2.14. The molecule has 0 saturated heterocycles. The summed E-state index contributed by atoms with van der Waals surface area (Å²) in [6.07, 6.45) is 2.32. The van der Waals surface area contributed by atoms with E-state index in [4.69, 9.17) is 5.11 Å². The highest BCUT2D eigenvalue weighted by atomic mass is 16.4. The Balaban J connectivity index is 3.12. The molecule has 0 aromatic carbocycles. The molecule has 0 aliphatic rings. The summed E-state index contributed by atoms with van der Waals surface area (Å²) in [7, 11) is 0. The first-order chi connectivity index (χ1) is 5.61. The summed E-state index contributed by atoms with van der Waals surface area (Å²) in [6, 6.07) is 0. The third-order valence-electron chi connectivity index (χ3n) is 1.21. The van der Waals surface area contributed by atoms with Gasteiger partial charge in [-0.1, -0.05) is 0 Å². The van der Waals surface area contributed by atoms with Crippen LogP contribution in [0.2, 0.25) is 0 Å². The first-order valence-corrected chi connectivity index (χ1v) is 3.17. The van der Waals surface area contributed by atoms with E-state index in [-0.39, 0.29) is 17.2 Å². The highest BCUT2D eigenvalue weighted by Gasteiger charge is 2.07. The summed E-state index contributed by atoms with van der Waals surface area (Å²) >= 11 is 0. The van der Waals surface area contributed by atoms with E-state index in [1.54, 1.807) is 0 Å². The number of Topliss-reactive ketones (excluding diaryl/α,β-unsaturated/α-hetero) is 1. The maximum atomic E-state index is 10.7. The molecule has 0 radical (unpaired) electrons. The SMILES string of the molecule is CC(=O)c1cncc(C(=O)O)n1. The molecule has 5 heteroatoms. The van der Waals surface area contributed by atoms with E-state index < -0.39 is 5.97 Å². The predicted molar refractivity (Wildman–Crippen MR) is 39.0 cm³/mol. The monoisotopic (exact) mass is 166 g/mol. The van der Waals surface area contributed by atoms with Gasteiger partial charge in [-0.3, -0.25) is 9.78 Å². The molecule has 0 atom stereocenters. The molecule has 0 bridgehead atoms. The highest BCUT2D eigenvalue weighted by Crippen LogP contribution is 1.96. The first-order valence-electron chi connectivity index (χ1n) is 3.17. The number of nitrogens with zero attached hydrogens (tertiary/aromatic N) is 2. The maximum Gasteiger partial charge on any atom is 0.356 e. The van der Waals surface area contributed by atoms with E-state index in [2.05, 4.69) is 9.97 Å². The number of carboxylic acids is 1. The molecule has 62 valence electrons. The Labute approximate surface area is 68.1 Å². The zero-order valence-corrected chi connectivity index (χ0v) is 6.31. The number of ketones is 1. The minimum absolute atomic E-state index is 0.0647. The molecule has 0 aliphatic carbocycles. The van der Waals surface area contributed by atoms with Gasteiger partial charge in [0.2, 0.25) is 0 Å². The van der Waals surface area contributed by atoms with Crippen molar-refractivity contribution in [2.24, 2.45) is 0 Å². The molecule has 1 aromatic rings. The van der Waals surface area contributed by atoms with Crippen LogP contribution in [0.1, 0.15) is 27.9 Å². The second-order valence-electron chi connectivity index (χ2n) is 2.15. The molecule has 5 nitrogen and oxygen atoms in total. The minimum atomic E-state index is -1.19. The molecule has 0 spiro atoms. The molecule has 12 heavy (non-hydrogen) atoms. The van der Waals surface area contributed by atoms with Gasteiger partial charge in [-0.05, 0) is 0 Å². The number of hydrogen-bond acceptors (Lipinski definition) is 4. The Bertz CT molecular complexity index is 306. The van der Waals surface area contributed by atoms with Crippen LogP contribution in [0.15, 0.2) is 12.4 Å². The van der Waals surface area contributed by atoms with Crippen LogP contribution in [0.25, 0.3) is 0 Å². The van der Waals surface area contributed by atoms with Crippen LogP contribution in [0, 0.1) is 0 Å². The molecule has 0 aliphatic heterocycles. The van der Waals surface area contributed by atoms with Crippen LogP contribution >= 0.6 is 0 Å². The topological polar surface area (TPSA) is 80.2 Å². The molecule has 1 N–H and O–H groups in total. The van der Waals surface area contributed by atoms with Gasteiger partial charge in [-0.15, -0.1) is 0 Å². The molecule has 1 heterocycles. The van der Waals surface area contributed by atoms with Gasteiger partial charge >= 0.3 is 5.97 Å². The maximum absolute atomic E-state index is 10.7. The van der Waals surface area contributed by atoms with Crippen LogP contribution in [-0.4, -0.2) is 26.8 Å². The first kappa shape index (κ1) is 8.32. The van der Waals surface area contributed by atoms with E-state index in [1.165, 1.54) is 13.1 Å². The quantitative estimate of drug-likeness (QED) is 0.642. The van der Waals surface area contributed by atoms with Crippen LogP contribution in [-0.2, 0) is 0 Å². The average molecular weight is 166 g/mol. The third kappa shape index (κ3) is 1.63. The van der Waals surface area contributed by atoms with Crippen molar-refractivity contribution in [3.05, 3.63) is 23.8 Å². The molecule has 0 unspecified atom stereocenters. The lowest BCUT2D eigenvalue weighted by Crippen LogP contribution is -2.06. The standard InChI is InChI=1S/C7H6N2O3/c1-4(10)5-2-8-3-6(9-5)7(11)12/h2-3H,1H3,(H,11,12). The number of aromatic carboxylic acids is 1. The Morgan fingerprint density at radius 2 is 1.92 bits per heavy atom. The number of carboxylic acid groups (broad SMARTS) is 1. The number of carbonyl (C=O) groups is 2. The van der Waals surface area contributed by atoms with Crippen LogP contribution in [0.5, 0.6) is 0 Å². The number of carbonyl (C=O) groups excluding carboxylic acids is 1. The summed E-state index contributed by atoms with van der Waals surface area (Å²) < 4.78 is 0. The normalized spacial score (nSPS) is 9.42. The number of aromatic nitrogens is 2. The van der Waals surface area contributed by atoms with Gasteiger partial charge in [0.15, 0.2) is 11.5 Å². The molecule has 1 aromatic heterocycles. The second-order valence-corrected chi connectivity index (χ2v) is 2.15. The van der Waals surface area contributed by atoms with E-state index in [0.717, 1.165) is 6.20 Å². The van der Waals surface area contributed by atoms with Crippen molar-refractivity contribution in [2.75, 3.05) is 0 Å². The van der Waals surface area contributed by atoms with Crippen molar-refractivity contribution in [1.82, 2.24) is 9.97 Å². The van der Waals surface area contributed by atoms with Crippen molar-refractivity contribution in [1.29, 1.82) is 0 Å². The van der Waals surface area contributed by atoms with Crippen molar-refractivity contribution in [3.63, 3.8) is 0 Å². The number of hydrogen-bond donors (Lipinski definition) is 1. The van der Waals surface area contributed by atoms with Gasteiger partial charge in [-0.2, -0.15) is 0 Å². The lowest BCUT2D eigenvalue weighted by Gasteiger charge is -1.94. The third-order valence-corrected chi connectivity index (χ3v) is 1.21. The molecular formula is C7H6N2O3. The van der Waals surface area contributed by atoms with Gasteiger partial charge < -0.3 is 5.11 Å². The fourth-order valence-corrected chi connectivity index (χ4v) is 0.639. The molecule has 0 fully saturated rings. The highest BCUT2D eigenvalue weighted by molar-refractivity contribution is 5.93. The smallest absolute Gasteiger partial charge is 0.356 e. The van der Waals surface area contributed by atoms with Gasteiger partial charge in [0.25, 0.3) is 0 Å². The Morgan fingerprint density at radius 3 is 2.42 bits per heavy atom. The molecular weight excluding hydrogens is 160 g/mol. The largest absolute Gasteiger partial charge is 0.476 e. The van der Waals surface area contributed by atoms with Gasteiger partial charge in [0, 0.05) is 6.92 Å². The predicted octanol–water partition coefficient (Wildman–Crippen LogP) is 0.377. The summed E-state index contributed by atoms with van der Waals surface area (Å²) in [4.78, 5) is 28.2. The average Bonchev–Trinajstić information content (AvgIpc) is 2.04. The summed E-state index contributed by atoms with van der Waals surface area (Å²) in [6.45, 7) is 1.30.